The highest BCUT2D eigenvalue weighted by atomic mass is 16.5. The molecule has 0 aliphatic heterocycles. The summed E-state index contributed by atoms with van der Waals surface area (Å²) in [6, 6.07) is 13.4. The van der Waals surface area contributed by atoms with Crippen LogP contribution in [0.4, 0.5) is 0 Å². The Hall–Kier alpha value is -2.82. The van der Waals surface area contributed by atoms with Crippen molar-refractivity contribution in [3.8, 4) is 5.75 Å². The second-order valence-corrected chi connectivity index (χ2v) is 6.10. The summed E-state index contributed by atoms with van der Waals surface area (Å²) in [7, 11) is 0. The van der Waals surface area contributed by atoms with E-state index >= 15 is 0 Å². The first-order valence-electron chi connectivity index (χ1n) is 8.20. The van der Waals surface area contributed by atoms with E-state index in [1.807, 2.05) is 6.07 Å². The highest BCUT2D eigenvalue weighted by Crippen LogP contribution is 2.14. The second kappa shape index (κ2) is 8.87. The van der Waals surface area contributed by atoms with Crippen molar-refractivity contribution in [2.24, 2.45) is 0 Å². The smallest absolute Gasteiger partial charge is 0.341 e. The van der Waals surface area contributed by atoms with Gasteiger partial charge in [0.15, 0.2) is 6.61 Å². The van der Waals surface area contributed by atoms with E-state index in [-0.39, 0.29) is 12.5 Å². The van der Waals surface area contributed by atoms with E-state index in [9.17, 15) is 9.59 Å². The van der Waals surface area contributed by atoms with E-state index in [1.165, 1.54) is 11.1 Å². The molecule has 0 spiro atoms. The van der Waals surface area contributed by atoms with Crippen molar-refractivity contribution in [3.05, 3.63) is 64.7 Å². The van der Waals surface area contributed by atoms with E-state index < -0.39 is 5.97 Å². The molecule has 0 aliphatic rings. The van der Waals surface area contributed by atoms with Crippen molar-refractivity contribution in [3.63, 3.8) is 0 Å². The van der Waals surface area contributed by atoms with Gasteiger partial charge in [-0.05, 0) is 43.5 Å². The molecular formula is C20H23NO4. The summed E-state index contributed by atoms with van der Waals surface area (Å²) in [6.07, 6.45) is 1.13. The molecule has 5 heteroatoms. The molecule has 0 atom stereocenters. The Labute approximate surface area is 147 Å². The van der Waals surface area contributed by atoms with Gasteiger partial charge in [0.1, 0.15) is 5.75 Å². The van der Waals surface area contributed by atoms with Gasteiger partial charge in [0.05, 0.1) is 0 Å². The Morgan fingerprint density at radius 3 is 2.44 bits per heavy atom. The molecule has 2 aromatic rings. The number of carbonyl (C=O) groups excluding carboxylic acids is 1. The van der Waals surface area contributed by atoms with Crippen LogP contribution < -0.4 is 10.1 Å². The summed E-state index contributed by atoms with van der Waals surface area (Å²) in [5.41, 5.74) is 4.43. The van der Waals surface area contributed by atoms with Crippen LogP contribution in [0.2, 0.25) is 0 Å². The van der Waals surface area contributed by atoms with Gasteiger partial charge >= 0.3 is 5.97 Å². The zero-order chi connectivity index (χ0) is 18.2. The number of benzene rings is 2. The zero-order valence-electron chi connectivity index (χ0n) is 14.5. The summed E-state index contributed by atoms with van der Waals surface area (Å²) in [6.45, 7) is 4.10. The van der Waals surface area contributed by atoms with Crippen molar-refractivity contribution in [2.45, 2.75) is 33.2 Å². The number of hydrogen-bond donors (Lipinski definition) is 2. The van der Waals surface area contributed by atoms with Crippen LogP contribution >= 0.6 is 0 Å². The molecule has 0 aromatic heterocycles. The molecule has 2 aromatic carbocycles. The number of amides is 1. The van der Waals surface area contributed by atoms with E-state index in [0.29, 0.717) is 25.1 Å². The summed E-state index contributed by atoms with van der Waals surface area (Å²) in [5, 5.41) is 11.5. The van der Waals surface area contributed by atoms with E-state index in [2.05, 4.69) is 37.4 Å². The molecule has 0 radical (unpaired) electrons. The van der Waals surface area contributed by atoms with Crippen molar-refractivity contribution in [2.75, 3.05) is 6.61 Å². The largest absolute Gasteiger partial charge is 0.482 e. The monoisotopic (exact) mass is 341 g/mol. The molecule has 0 heterocycles. The zero-order valence-corrected chi connectivity index (χ0v) is 14.5. The number of ether oxygens (including phenoxy) is 1. The number of carbonyl (C=O) groups is 2. The third kappa shape index (κ3) is 6.67. The molecule has 0 saturated carbocycles. The average Bonchev–Trinajstić information content (AvgIpc) is 2.56. The van der Waals surface area contributed by atoms with E-state index in [4.69, 9.17) is 9.84 Å². The van der Waals surface area contributed by atoms with Gasteiger partial charge in [-0.2, -0.15) is 0 Å². The van der Waals surface area contributed by atoms with Gasteiger partial charge in [0, 0.05) is 13.0 Å². The minimum absolute atomic E-state index is 0.0176. The van der Waals surface area contributed by atoms with Gasteiger partial charge in [-0.1, -0.05) is 41.5 Å². The number of rotatable bonds is 8. The Morgan fingerprint density at radius 2 is 1.76 bits per heavy atom. The Kier molecular flexibility index (Phi) is 6.57. The lowest BCUT2D eigenvalue weighted by Gasteiger charge is -2.09. The van der Waals surface area contributed by atoms with Gasteiger partial charge in [0.25, 0.3) is 0 Å². The Bertz CT molecular complexity index is 735. The molecule has 0 fully saturated rings. The molecule has 5 nitrogen and oxygen atoms in total. The predicted octanol–water partition coefficient (Wildman–Crippen LogP) is 3.02. The number of aryl methyl sites for hydroxylation is 3. The highest BCUT2D eigenvalue weighted by molar-refractivity contribution is 5.76. The van der Waals surface area contributed by atoms with Gasteiger partial charge in [-0.3, -0.25) is 4.79 Å². The van der Waals surface area contributed by atoms with Crippen LogP contribution in [0.15, 0.2) is 42.5 Å². The van der Waals surface area contributed by atoms with Gasteiger partial charge in [-0.25, -0.2) is 4.79 Å². The van der Waals surface area contributed by atoms with Crippen LogP contribution in [0.1, 0.15) is 28.7 Å². The number of hydrogen-bond acceptors (Lipinski definition) is 3. The van der Waals surface area contributed by atoms with Crippen molar-refractivity contribution < 1.29 is 19.4 Å². The summed E-state index contributed by atoms with van der Waals surface area (Å²) in [4.78, 5) is 22.6. The lowest BCUT2D eigenvalue weighted by atomic mass is 10.0. The second-order valence-electron chi connectivity index (χ2n) is 6.10. The third-order valence-corrected chi connectivity index (χ3v) is 3.67. The molecule has 0 aliphatic carbocycles. The fourth-order valence-corrected chi connectivity index (χ4v) is 2.65. The summed E-state index contributed by atoms with van der Waals surface area (Å²) in [5.74, 6) is -0.564. The van der Waals surface area contributed by atoms with Gasteiger partial charge in [-0.15, -0.1) is 0 Å². The highest BCUT2D eigenvalue weighted by Gasteiger charge is 2.05. The first-order valence-corrected chi connectivity index (χ1v) is 8.20. The molecule has 0 saturated heterocycles. The molecule has 132 valence electrons. The Balaban J connectivity index is 1.81. The van der Waals surface area contributed by atoms with E-state index in [1.54, 1.807) is 18.2 Å². The van der Waals surface area contributed by atoms with Crippen molar-refractivity contribution in [1.29, 1.82) is 0 Å². The SMILES string of the molecule is Cc1cc(C)cc(CCC(=O)NCc2cccc(OCC(=O)O)c2)c1. The van der Waals surface area contributed by atoms with Gasteiger partial charge in [0.2, 0.25) is 5.91 Å². The molecule has 0 bridgehead atoms. The molecule has 2 N–H and O–H groups in total. The molecule has 2 rings (SSSR count). The summed E-state index contributed by atoms with van der Waals surface area (Å²) < 4.78 is 5.13. The van der Waals surface area contributed by atoms with E-state index in [0.717, 1.165) is 11.1 Å². The number of carboxylic acid groups (broad SMARTS) is 1. The molecule has 25 heavy (non-hydrogen) atoms. The number of carboxylic acids is 1. The number of aliphatic carboxylic acids is 1. The quantitative estimate of drug-likeness (QED) is 0.774. The van der Waals surface area contributed by atoms with Crippen LogP contribution in [0, 0.1) is 13.8 Å². The fourth-order valence-electron chi connectivity index (χ4n) is 2.65. The maximum absolute atomic E-state index is 12.0. The maximum atomic E-state index is 12.0. The van der Waals surface area contributed by atoms with Crippen LogP contribution in [0.5, 0.6) is 5.75 Å². The average molecular weight is 341 g/mol. The minimum atomic E-state index is -1.02. The molecular weight excluding hydrogens is 318 g/mol. The topological polar surface area (TPSA) is 75.6 Å². The van der Waals surface area contributed by atoms with Crippen LogP contribution in [0.3, 0.4) is 0 Å². The normalized spacial score (nSPS) is 10.3. The predicted molar refractivity (Wildman–Crippen MR) is 95.7 cm³/mol. The number of nitrogens with one attached hydrogen (secondary N) is 1. The van der Waals surface area contributed by atoms with Crippen LogP contribution in [-0.4, -0.2) is 23.6 Å². The van der Waals surface area contributed by atoms with Crippen molar-refractivity contribution in [1.82, 2.24) is 5.32 Å². The minimum Gasteiger partial charge on any atom is -0.482 e. The fraction of sp³-hybridized carbons (Fsp3) is 0.300. The van der Waals surface area contributed by atoms with Crippen LogP contribution in [-0.2, 0) is 22.6 Å². The third-order valence-electron chi connectivity index (χ3n) is 3.67. The molecule has 1 amide bonds. The first kappa shape index (κ1) is 18.5. The van der Waals surface area contributed by atoms with Gasteiger partial charge < -0.3 is 15.2 Å². The molecule has 0 unspecified atom stereocenters. The van der Waals surface area contributed by atoms with Crippen molar-refractivity contribution >= 4 is 11.9 Å². The van der Waals surface area contributed by atoms with Crippen LogP contribution in [0.25, 0.3) is 0 Å². The summed E-state index contributed by atoms with van der Waals surface area (Å²) >= 11 is 0. The standard InChI is InChI=1S/C20H23NO4/c1-14-8-15(2)10-16(9-14)6-7-19(22)21-12-17-4-3-5-18(11-17)25-13-20(23)24/h3-5,8-11H,6-7,12-13H2,1-2H3,(H,21,22)(H,23,24). The first-order chi connectivity index (χ1) is 11.9. The lowest BCUT2D eigenvalue weighted by Crippen LogP contribution is -2.23. The lowest BCUT2D eigenvalue weighted by molar-refractivity contribution is -0.139. The maximum Gasteiger partial charge on any atom is 0.341 e. The Morgan fingerprint density at radius 1 is 1.04 bits per heavy atom.